The number of likely N-dealkylation sites (N-methyl/N-ethyl adjacent to an activating group) is 1. The molecule has 3 fully saturated rings. The van der Waals surface area contributed by atoms with Crippen LogP contribution >= 0.6 is 0 Å². The zero-order valence-electron chi connectivity index (χ0n) is 19.5. The lowest BCUT2D eigenvalue weighted by atomic mass is 10.1. The number of anilines is 1. The van der Waals surface area contributed by atoms with Crippen molar-refractivity contribution in [2.24, 2.45) is 10.2 Å². The van der Waals surface area contributed by atoms with E-state index in [1.807, 2.05) is 15.6 Å². The van der Waals surface area contributed by atoms with Crippen molar-refractivity contribution in [3.8, 4) is 0 Å². The minimum atomic E-state index is 0. The maximum atomic E-state index is 4.46. The number of fused-ring (bicyclic) bond motifs is 3. The van der Waals surface area contributed by atoms with Crippen molar-refractivity contribution in [3.05, 3.63) is 30.6 Å². The number of aryl methyl sites for hydroxylation is 2. The van der Waals surface area contributed by atoms with Gasteiger partial charge in [-0.25, -0.2) is 4.57 Å². The normalized spacial score (nSPS) is 21.9. The van der Waals surface area contributed by atoms with Gasteiger partial charge in [-0.05, 0) is 45.0 Å². The van der Waals surface area contributed by atoms with E-state index in [1.165, 1.54) is 56.0 Å². The molecular formula is C22H36Cl2N8. The topological polar surface area (TPSA) is 52.9 Å². The summed E-state index contributed by atoms with van der Waals surface area (Å²) in [4.78, 5) is 5.10. The van der Waals surface area contributed by atoms with E-state index < -0.39 is 0 Å². The van der Waals surface area contributed by atoms with E-state index in [0.29, 0.717) is 0 Å². The van der Waals surface area contributed by atoms with E-state index in [-0.39, 0.29) is 24.8 Å². The molecule has 0 spiro atoms. The van der Waals surface area contributed by atoms with Crippen LogP contribution in [-0.2, 0) is 13.1 Å². The van der Waals surface area contributed by atoms with Crippen LogP contribution in [0.4, 0.5) is 17.3 Å². The molecule has 4 heterocycles. The lowest BCUT2D eigenvalue weighted by Gasteiger charge is -2.51. The molecule has 0 unspecified atom stereocenters. The van der Waals surface area contributed by atoms with Gasteiger partial charge in [-0.15, -0.1) is 4.68 Å². The van der Waals surface area contributed by atoms with Gasteiger partial charge in [0.15, 0.2) is 6.33 Å². The van der Waals surface area contributed by atoms with E-state index in [4.69, 9.17) is 0 Å². The third-order valence-electron chi connectivity index (χ3n) is 6.83. The molecule has 5 rings (SSSR count). The Balaban J connectivity index is 0.00000181. The summed E-state index contributed by atoms with van der Waals surface area (Å²) in [6, 6.07) is 8.49. The summed E-state index contributed by atoms with van der Waals surface area (Å²) in [6.07, 6.45) is 1.81. The van der Waals surface area contributed by atoms with Crippen LogP contribution in [0.3, 0.4) is 0 Å². The first-order valence-electron chi connectivity index (χ1n) is 11.5. The van der Waals surface area contributed by atoms with Crippen molar-refractivity contribution in [1.82, 2.24) is 14.6 Å². The summed E-state index contributed by atoms with van der Waals surface area (Å²) >= 11 is 0. The molecule has 0 N–H and O–H groups in total. The zero-order valence-corrected chi connectivity index (χ0v) is 21.0. The van der Waals surface area contributed by atoms with Crippen LogP contribution < -0.4 is 34.4 Å². The van der Waals surface area contributed by atoms with Gasteiger partial charge in [-0.3, -0.25) is 4.90 Å². The van der Waals surface area contributed by atoms with Crippen molar-refractivity contribution in [2.75, 3.05) is 63.8 Å². The van der Waals surface area contributed by atoms with Crippen LogP contribution in [0.15, 0.2) is 40.8 Å². The molecule has 0 saturated carbocycles. The predicted molar refractivity (Wildman–Crippen MR) is 118 cm³/mol. The molecule has 3 aliphatic rings. The molecule has 0 atom stereocenters. The van der Waals surface area contributed by atoms with Crippen LogP contribution in [0.5, 0.6) is 0 Å². The van der Waals surface area contributed by atoms with Gasteiger partial charge in [0.1, 0.15) is 5.69 Å². The summed E-state index contributed by atoms with van der Waals surface area (Å²) in [5.41, 5.74) is 2.14. The first-order valence-corrected chi connectivity index (χ1v) is 11.5. The molecule has 3 aliphatic heterocycles. The summed E-state index contributed by atoms with van der Waals surface area (Å²) in [5.74, 6) is 0.787. The van der Waals surface area contributed by atoms with E-state index >= 15 is 0 Å². The molecule has 32 heavy (non-hydrogen) atoms. The Morgan fingerprint density at radius 2 is 1.66 bits per heavy atom. The van der Waals surface area contributed by atoms with Gasteiger partial charge in [-0.1, -0.05) is 10.2 Å². The maximum absolute atomic E-state index is 4.46. The first kappa shape index (κ1) is 26.5. The predicted octanol–water partition coefficient (Wildman–Crippen LogP) is -3.39. The highest BCUT2D eigenvalue weighted by Gasteiger charge is 2.38. The molecule has 3 saturated heterocycles. The summed E-state index contributed by atoms with van der Waals surface area (Å²) in [6.45, 7) is 19.2. The quantitative estimate of drug-likeness (QED) is 0.213. The van der Waals surface area contributed by atoms with Gasteiger partial charge in [0, 0.05) is 37.0 Å². The lowest BCUT2D eigenvalue weighted by Crippen LogP contribution is -3.00. The van der Waals surface area contributed by atoms with Crippen molar-refractivity contribution in [2.45, 2.75) is 33.9 Å². The number of rotatable bonds is 9. The largest absolute Gasteiger partial charge is 1.00 e. The minimum Gasteiger partial charge on any atom is -1.00 e. The van der Waals surface area contributed by atoms with Crippen molar-refractivity contribution >= 4 is 17.3 Å². The highest BCUT2D eigenvalue weighted by molar-refractivity contribution is 5.52. The Morgan fingerprint density at radius 3 is 2.22 bits per heavy atom. The Morgan fingerprint density at radius 1 is 1.00 bits per heavy atom. The molecule has 2 bridgehead atoms. The second kappa shape index (κ2) is 11.9. The fourth-order valence-corrected chi connectivity index (χ4v) is 4.63. The Kier molecular flexibility index (Phi) is 9.88. The second-order valence-electron chi connectivity index (χ2n) is 8.41. The van der Waals surface area contributed by atoms with E-state index in [9.17, 15) is 0 Å². The van der Waals surface area contributed by atoms with Crippen LogP contribution in [0.25, 0.3) is 0 Å². The van der Waals surface area contributed by atoms with Crippen LogP contribution in [-0.4, -0.2) is 78.0 Å². The van der Waals surface area contributed by atoms with Crippen LogP contribution in [0.1, 0.15) is 20.8 Å². The molecule has 0 radical (unpaired) electrons. The number of azo groups is 1. The Labute approximate surface area is 204 Å². The van der Waals surface area contributed by atoms with Crippen LogP contribution in [0, 0.1) is 0 Å². The van der Waals surface area contributed by atoms with Crippen molar-refractivity contribution in [3.63, 3.8) is 0 Å². The number of nitrogens with zero attached hydrogens (tertiary/aromatic N) is 8. The van der Waals surface area contributed by atoms with E-state index in [2.05, 4.69) is 70.2 Å². The fourth-order valence-electron chi connectivity index (χ4n) is 4.63. The van der Waals surface area contributed by atoms with E-state index in [0.717, 1.165) is 37.8 Å². The number of halogens is 2. The average molecular weight is 483 g/mol. The van der Waals surface area contributed by atoms with Gasteiger partial charge < -0.3 is 34.2 Å². The molecule has 1 aromatic heterocycles. The molecule has 8 nitrogen and oxygen atoms in total. The van der Waals surface area contributed by atoms with E-state index in [1.54, 1.807) is 0 Å². The van der Waals surface area contributed by atoms with Gasteiger partial charge >= 0.3 is 5.95 Å². The minimum absolute atomic E-state index is 0. The number of piperazine rings is 3. The number of benzene rings is 1. The van der Waals surface area contributed by atoms with Gasteiger partial charge in [0.2, 0.25) is 0 Å². The molecule has 10 heteroatoms. The van der Waals surface area contributed by atoms with Gasteiger partial charge in [0.05, 0.1) is 45.8 Å². The molecule has 0 amide bonds. The zero-order chi connectivity index (χ0) is 21.0. The molecule has 1 aromatic carbocycles. The number of quaternary nitrogens is 1. The average Bonchev–Trinajstić information content (AvgIpc) is 3.22. The third kappa shape index (κ3) is 5.78. The third-order valence-corrected chi connectivity index (χ3v) is 6.83. The SMILES string of the molecule is CCN(CC[N+]12CCN(CC1)CC2)c1ccc(/N=N/c2n(CC)cn[n+]2CC)cc1.[Cl-].[Cl-]. The number of aromatic nitrogens is 3. The second-order valence-corrected chi connectivity index (χ2v) is 8.41. The molecule has 0 aliphatic carbocycles. The van der Waals surface area contributed by atoms with Crippen LogP contribution in [0.2, 0.25) is 0 Å². The lowest BCUT2D eigenvalue weighted by molar-refractivity contribution is -0.939. The summed E-state index contributed by atoms with van der Waals surface area (Å²) in [7, 11) is 0. The van der Waals surface area contributed by atoms with Crippen molar-refractivity contribution < 1.29 is 34.0 Å². The number of hydrogen-bond donors (Lipinski definition) is 0. The Hall–Kier alpha value is -1.74. The highest BCUT2D eigenvalue weighted by Crippen LogP contribution is 2.23. The molecule has 2 aromatic rings. The van der Waals surface area contributed by atoms with Crippen molar-refractivity contribution in [1.29, 1.82) is 0 Å². The first-order chi connectivity index (χ1) is 14.7. The molecular weight excluding hydrogens is 447 g/mol. The number of hydrogen-bond acceptors (Lipinski definition) is 5. The monoisotopic (exact) mass is 482 g/mol. The molecule has 178 valence electrons. The summed E-state index contributed by atoms with van der Waals surface area (Å²) in [5, 5.41) is 13.3. The Bertz CT molecular complexity index is 824. The van der Waals surface area contributed by atoms with Gasteiger partial charge in [-0.2, -0.15) is 0 Å². The highest BCUT2D eigenvalue weighted by atomic mass is 35.5. The smallest absolute Gasteiger partial charge is 0.441 e. The fraction of sp³-hybridized carbons (Fsp3) is 0.636. The summed E-state index contributed by atoms with van der Waals surface area (Å²) < 4.78 is 5.18. The van der Waals surface area contributed by atoms with Gasteiger partial charge in [0.25, 0.3) is 0 Å². The standard InChI is InChI=1S/C22H36N8.2ClH/c1-4-27(14-18-30-15-11-26(12-16-30)13-17-30)21-9-7-20(8-10-21)24-25-22-28(5-2)19-23-29(22)6-3;;/h7-10,19H,4-6,11-18H2,1-3H3;2*1H/q+2;;/p-2. The maximum Gasteiger partial charge on any atom is 0.441 e.